The van der Waals surface area contributed by atoms with Crippen molar-refractivity contribution in [1.82, 2.24) is 5.01 Å². The van der Waals surface area contributed by atoms with Crippen molar-refractivity contribution in [3.05, 3.63) is 11.9 Å². The lowest BCUT2D eigenvalue weighted by molar-refractivity contribution is 0.303. The Bertz CT molecular complexity index is 208. The molecule has 0 saturated heterocycles. The predicted molar refractivity (Wildman–Crippen MR) is 44.1 cm³/mol. The lowest BCUT2D eigenvalue weighted by Crippen LogP contribution is -2.17. The third-order valence-corrected chi connectivity index (χ3v) is 1.93. The van der Waals surface area contributed by atoms with Crippen molar-refractivity contribution in [3.63, 3.8) is 0 Å². The van der Waals surface area contributed by atoms with Crippen LogP contribution in [-0.4, -0.2) is 23.8 Å². The van der Waals surface area contributed by atoms with Gasteiger partial charge >= 0.3 is 0 Å². The van der Waals surface area contributed by atoms with Crippen LogP contribution in [-0.2, 0) is 0 Å². The van der Waals surface area contributed by atoms with Gasteiger partial charge in [0.25, 0.3) is 0 Å². The van der Waals surface area contributed by atoms with E-state index in [1.807, 2.05) is 14.0 Å². The number of allylic oxidation sites excluding steroid dienone is 2. The van der Waals surface area contributed by atoms with E-state index in [-0.39, 0.29) is 5.83 Å². The van der Waals surface area contributed by atoms with Crippen molar-refractivity contribution < 1.29 is 4.39 Å². The van der Waals surface area contributed by atoms with Gasteiger partial charge in [-0.25, -0.2) is 4.39 Å². The number of hydrazone groups is 1. The highest BCUT2D eigenvalue weighted by molar-refractivity contribution is 5.99. The average molecular weight is 156 g/mol. The fraction of sp³-hybridized carbons (Fsp3) is 0.625. The summed E-state index contributed by atoms with van der Waals surface area (Å²) in [7, 11) is 1.86. The molecule has 1 aliphatic rings. The monoisotopic (exact) mass is 156 g/mol. The maximum atomic E-state index is 12.9. The average Bonchev–Trinajstić information content (AvgIpc) is 2.31. The van der Waals surface area contributed by atoms with Crippen LogP contribution in [0.15, 0.2) is 17.0 Å². The summed E-state index contributed by atoms with van der Waals surface area (Å²) < 4.78 is 12.9. The number of hydrogen-bond acceptors (Lipinski definition) is 2. The summed E-state index contributed by atoms with van der Waals surface area (Å²) in [5.74, 6) is -0.193. The molecular formula is C8H13FN2. The summed E-state index contributed by atoms with van der Waals surface area (Å²) in [6.07, 6.45) is 2.16. The lowest BCUT2D eigenvalue weighted by Gasteiger charge is -2.11. The molecule has 2 nitrogen and oxygen atoms in total. The Morgan fingerprint density at radius 2 is 2.45 bits per heavy atom. The predicted octanol–water partition coefficient (Wildman–Crippen LogP) is 1.94. The minimum Gasteiger partial charge on any atom is -0.297 e. The maximum Gasteiger partial charge on any atom is 0.142 e. The van der Waals surface area contributed by atoms with Crippen molar-refractivity contribution in [3.8, 4) is 0 Å². The molecule has 0 bridgehead atoms. The Balaban J connectivity index is 2.71. The molecule has 1 heterocycles. The molecule has 62 valence electrons. The Morgan fingerprint density at radius 1 is 1.82 bits per heavy atom. The summed E-state index contributed by atoms with van der Waals surface area (Å²) in [6.45, 7) is 3.71. The third kappa shape index (κ3) is 1.59. The molecule has 0 N–H and O–H groups in total. The Hall–Kier alpha value is -0.860. The number of nitrogens with zero attached hydrogens (tertiary/aromatic N) is 2. The van der Waals surface area contributed by atoms with Crippen LogP contribution in [0.5, 0.6) is 0 Å². The molecule has 3 heteroatoms. The SMILES string of the molecule is C/C=C(/F)C1=NN(C)C(C)C1. The van der Waals surface area contributed by atoms with Gasteiger partial charge in [0.15, 0.2) is 0 Å². The van der Waals surface area contributed by atoms with Crippen LogP contribution in [0.25, 0.3) is 0 Å². The first-order valence-electron chi connectivity index (χ1n) is 3.77. The summed E-state index contributed by atoms with van der Waals surface area (Å²) in [6, 6.07) is 0.329. The van der Waals surface area contributed by atoms with Gasteiger partial charge in [0, 0.05) is 19.5 Å². The summed E-state index contributed by atoms with van der Waals surface area (Å²) in [5.41, 5.74) is 0.572. The van der Waals surface area contributed by atoms with Crippen LogP contribution in [0.1, 0.15) is 20.3 Å². The maximum absolute atomic E-state index is 12.9. The van der Waals surface area contributed by atoms with Crippen LogP contribution >= 0.6 is 0 Å². The van der Waals surface area contributed by atoms with Gasteiger partial charge in [-0.15, -0.1) is 0 Å². The van der Waals surface area contributed by atoms with Crippen molar-refractivity contribution in [2.45, 2.75) is 26.3 Å². The van der Waals surface area contributed by atoms with Crippen LogP contribution in [0.3, 0.4) is 0 Å². The number of rotatable bonds is 1. The molecule has 0 aromatic carbocycles. The highest BCUT2D eigenvalue weighted by Gasteiger charge is 2.21. The van der Waals surface area contributed by atoms with Gasteiger partial charge in [0.05, 0.1) is 5.71 Å². The second-order valence-corrected chi connectivity index (χ2v) is 2.81. The van der Waals surface area contributed by atoms with Crippen LogP contribution in [0.2, 0.25) is 0 Å². The second kappa shape index (κ2) is 3.03. The summed E-state index contributed by atoms with van der Waals surface area (Å²) in [5, 5.41) is 5.84. The van der Waals surface area contributed by atoms with Gasteiger partial charge < -0.3 is 0 Å². The molecule has 0 amide bonds. The van der Waals surface area contributed by atoms with Crippen molar-refractivity contribution in [2.24, 2.45) is 5.10 Å². The van der Waals surface area contributed by atoms with Gasteiger partial charge in [-0.05, 0) is 19.9 Å². The molecule has 0 spiro atoms. The van der Waals surface area contributed by atoms with Crippen molar-refractivity contribution >= 4 is 5.71 Å². The molecule has 0 saturated carbocycles. The first-order valence-corrected chi connectivity index (χ1v) is 3.77. The molecule has 0 aliphatic carbocycles. The fourth-order valence-corrected chi connectivity index (χ4v) is 1.05. The molecular weight excluding hydrogens is 143 g/mol. The topological polar surface area (TPSA) is 15.6 Å². The summed E-state index contributed by atoms with van der Waals surface area (Å²) >= 11 is 0. The quantitative estimate of drug-likeness (QED) is 0.566. The minimum absolute atomic E-state index is 0.193. The summed E-state index contributed by atoms with van der Waals surface area (Å²) in [4.78, 5) is 0. The molecule has 0 aromatic heterocycles. The van der Waals surface area contributed by atoms with E-state index in [4.69, 9.17) is 0 Å². The van der Waals surface area contributed by atoms with Crippen molar-refractivity contribution in [1.29, 1.82) is 0 Å². The van der Waals surface area contributed by atoms with Crippen molar-refractivity contribution in [2.75, 3.05) is 7.05 Å². The highest BCUT2D eigenvalue weighted by Crippen LogP contribution is 2.17. The molecule has 1 rings (SSSR count). The second-order valence-electron chi connectivity index (χ2n) is 2.81. The Morgan fingerprint density at radius 3 is 2.82 bits per heavy atom. The van der Waals surface area contributed by atoms with E-state index < -0.39 is 0 Å². The fourth-order valence-electron chi connectivity index (χ4n) is 1.05. The van der Waals surface area contributed by atoms with Gasteiger partial charge in [-0.2, -0.15) is 5.10 Å². The third-order valence-electron chi connectivity index (χ3n) is 1.93. The number of hydrogen-bond donors (Lipinski definition) is 0. The zero-order valence-electron chi connectivity index (χ0n) is 7.13. The van der Waals surface area contributed by atoms with E-state index in [1.54, 1.807) is 11.9 Å². The van der Waals surface area contributed by atoms with E-state index in [0.717, 1.165) is 0 Å². The molecule has 1 unspecified atom stereocenters. The van der Waals surface area contributed by atoms with Crippen LogP contribution in [0, 0.1) is 0 Å². The van der Waals surface area contributed by atoms with Gasteiger partial charge in [-0.3, -0.25) is 5.01 Å². The highest BCUT2D eigenvalue weighted by atomic mass is 19.1. The largest absolute Gasteiger partial charge is 0.297 e. The van der Waals surface area contributed by atoms with Crippen LogP contribution < -0.4 is 0 Å². The van der Waals surface area contributed by atoms with E-state index in [0.29, 0.717) is 18.2 Å². The first-order chi connectivity index (χ1) is 5.15. The van der Waals surface area contributed by atoms with E-state index in [2.05, 4.69) is 5.10 Å². The van der Waals surface area contributed by atoms with Crippen LogP contribution in [0.4, 0.5) is 4.39 Å². The zero-order chi connectivity index (χ0) is 8.43. The van der Waals surface area contributed by atoms with Gasteiger partial charge in [0.1, 0.15) is 5.83 Å². The molecule has 11 heavy (non-hydrogen) atoms. The minimum atomic E-state index is -0.193. The number of halogens is 1. The normalized spacial score (nSPS) is 25.8. The molecule has 0 radical (unpaired) electrons. The Labute approximate surface area is 66.4 Å². The molecule has 1 aliphatic heterocycles. The molecule has 0 aromatic rings. The molecule has 0 fully saturated rings. The lowest BCUT2D eigenvalue weighted by atomic mass is 10.1. The van der Waals surface area contributed by atoms with Gasteiger partial charge in [0.2, 0.25) is 0 Å². The van der Waals surface area contributed by atoms with E-state index >= 15 is 0 Å². The molecule has 1 atom stereocenters. The van der Waals surface area contributed by atoms with Gasteiger partial charge in [-0.1, -0.05) is 0 Å². The van der Waals surface area contributed by atoms with E-state index in [1.165, 1.54) is 6.08 Å². The Kier molecular flexibility index (Phi) is 2.27. The smallest absolute Gasteiger partial charge is 0.142 e. The standard InChI is InChI=1S/C8H13FN2/c1-4-7(9)8-5-6(2)11(3)10-8/h4,6H,5H2,1-3H3/b7-4+. The zero-order valence-corrected chi connectivity index (χ0v) is 7.13. The first kappa shape index (κ1) is 8.24. The van der Waals surface area contributed by atoms with E-state index in [9.17, 15) is 4.39 Å².